The van der Waals surface area contributed by atoms with Crippen LogP contribution in [0, 0.1) is 18.6 Å². The van der Waals surface area contributed by atoms with Gasteiger partial charge in [0.1, 0.15) is 17.3 Å². The number of hydrogen-bond donors (Lipinski definition) is 1. The Hall–Kier alpha value is -1.94. The van der Waals surface area contributed by atoms with Crippen molar-refractivity contribution in [3.8, 4) is 0 Å². The van der Waals surface area contributed by atoms with Gasteiger partial charge in [0.25, 0.3) is 0 Å². The lowest BCUT2D eigenvalue weighted by atomic mass is 10.1. The highest BCUT2D eigenvalue weighted by atomic mass is 19.1. The van der Waals surface area contributed by atoms with Gasteiger partial charge in [0, 0.05) is 13.6 Å². The number of benzene rings is 2. The molecule has 0 atom stereocenters. The van der Waals surface area contributed by atoms with E-state index in [9.17, 15) is 8.78 Å². The molecule has 0 unspecified atom stereocenters. The van der Waals surface area contributed by atoms with E-state index in [1.54, 1.807) is 7.05 Å². The minimum Gasteiger partial charge on any atom is -0.392 e. The smallest absolute Gasteiger partial charge is 0.149 e. The van der Waals surface area contributed by atoms with Crippen LogP contribution in [0.1, 0.15) is 16.7 Å². The van der Waals surface area contributed by atoms with Crippen molar-refractivity contribution in [1.82, 2.24) is 0 Å². The fourth-order valence-electron chi connectivity index (χ4n) is 2.20. The van der Waals surface area contributed by atoms with Gasteiger partial charge in [-0.1, -0.05) is 24.3 Å². The summed E-state index contributed by atoms with van der Waals surface area (Å²) in [6, 6.07) is 10.0. The van der Waals surface area contributed by atoms with E-state index >= 15 is 0 Å². The number of aliphatic hydroxyl groups excluding tert-OH is 1. The third-order valence-corrected chi connectivity index (χ3v) is 3.31. The highest BCUT2D eigenvalue weighted by molar-refractivity contribution is 5.50. The molecule has 0 fully saturated rings. The lowest BCUT2D eigenvalue weighted by molar-refractivity contribution is 0.280. The maximum atomic E-state index is 14.0. The Morgan fingerprint density at radius 3 is 2.25 bits per heavy atom. The molecule has 0 heterocycles. The van der Waals surface area contributed by atoms with Crippen LogP contribution in [0.5, 0.6) is 0 Å². The van der Waals surface area contributed by atoms with E-state index in [-0.39, 0.29) is 17.9 Å². The van der Waals surface area contributed by atoms with Crippen molar-refractivity contribution in [2.24, 2.45) is 0 Å². The molecule has 4 heteroatoms. The predicted molar refractivity (Wildman–Crippen MR) is 75.6 cm³/mol. The summed E-state index contributed by atoms with van der Waals surface area (Å²) in [4.78, 5) is 1.54. The molecule has 2 aromatic rings. The van der Waals surface area contributed by atoms with Crippen molar-refractivity contribution in [2.45, 2.75) is 20.1 Å². The molecule has 0 radical (unpaired) electrons. The van der Waals surface area contributed by atoms with Crippen LogP contribution in [0.3, 0.4) is 0 Å². The Kier molecular flexibility index (Phi) is 4.35. The largest absolute Gasteiger partial charge is 0.392 e. The maximum absolute atomic E-state index is 14.0. The van der Waals surface area contributed by atoms with Crippen LogP contribution in [-0.2, 0) is 13.2 Å². The van der Waals surface area contributed by atoms with E-state index in [1.807, 2.05) is 31.2 Å². The SMILES string of the molecule is Cc1ccccc1CN(C)c1c(F)cc(CO)cc1F. The molecule has 0 bridgehead atoms. The number of aliphatic hydroxyl groups is 1. The summed E-state index contributed by atoms with van der Waals surface area (Å²) in [7, 11) is 1.65. The van der Waals surface area contributed by atoms with Gasteiger partial charge in [-0.15, -0.1) is 0 Å². The molecule has 2 rings (SSSR count). The second kappa shape index (κ2) is 6.01. The van der Waals surface area contributed by atoms with Gasteiger partial charge in [-0.05, 0) is 35.7 Å². The fraction of sp³-hybridized carbons (Fsp3) is 0.250. The highest BCUT2D eigenvalue weighted by Crippen LogP contribution is 2.26. The van der Waals surface area contributed by atoms with Crippen molar-refractivity contribution in [3.05, 3.63) is 64.7 Å². The summed E-state index contributed by atoms with van der Waals surface area (Å²) in [5.41, 5.74) is 2.24. The minimum atomic E-state index is -0.662. The van der Waals surface area contributed by atoms with E-state index < -0.39 is 11.6 Å². The second-order valence-electron chi connectivity index (χ2n) is 4.85. The van der Waals surface area contributed by atoms with E-state index in [4.69, 9.17) is 5.11 Å². The van der Waals surface area contributed by atoms with Crippen molar-refractivity contribution in [2.75, 3.05) is 11.9 Å². The van der Waals surface area contributed by atoms with Crippen molar-refractivity contribution in [3.63, 3.8) is 0 Å². The molecule has 0 aromatic heterocycles. The molecule has 106 valence electrons. The van der Waals surface area contributed by atoms with Crippen molar-refractivity contribution < 1.29 is 13.9 Å². The number of rotatable bonds is 4. The molecule has 2 nitrogen and oxygen atoms in total. The minimum absolute atomic E-state index is 0.0783. The Balaban J connectivity index is 2.30. The number of halogens is 2. The van der Waals surface area contributed by atoms with Crippen LogP contribution < -0.4 is 4.90 Å². The Morgan fingerprint density at radius 1 is 1.10 bits per heavy atom. The van der Waals surface area contributed by atoms with Gasteiger partial charge in [0.05, 0.1) is 6.61 Å². The molecule has 0 aliphatic carbocycles. The molecule has 0 spiro atoms. The molecule has 0 saturated carbocycles. The van der Waals surface area contributed by atoms with E-state index in [1.165, 1.54) is 4.90 Å². The first-order valence-corrected chi connectivity index (χ1v) is 6.37. The van der Waals surface area contributed by atoms with Gasteiger partial charge in [0.15, 0.2) is 0 Å². The number of aryl methyl sites for hydroxylation is 1. The van der Waals surface area contributed by atoms with Gasteiger partial charge < -0.3 is 10.0 Å². The van der Waals surface area contributed by atoms with Crippen LogP contribution in [0.25, 0.3) is 0 Å². The van der Waals surface area contributed by atoms with E-state index in [2.05, 4.69) is 0 Å². The van der Waals surface area contributed by atoms with Crippen LogP contribution in [0.2, 0.25) is 0 Å². The lowest BCUT2D eigenvalue weighted by Crippen LogP contribution is -2.20. The zero-order valence-corrected chi connectivity index (χ0v) is 11.5. The number of anilines is 1. The summed E-state index contributed by atoms with van der Waals surface area (Å²) in [6.07, 6.45) is 0. The standard InChI is InChI=1S/C16H17F2NO/c1-11-5-3-4-6-13(11)9-19(2)16-14(17)7-12(10-20)8-15(16)18/h3-8,20H,9-10H2,1-2H3. The molecule has 20 heavy (non-hydrogen) atoms. The first-order chi connectivity index (χ1) is 9.52. The van der Waals surface area contributed by atoms with Crippen LogP contribution in [-0.4, -0.2) is 12.2 Å². The molecular weight excluding hydrogens is 260 g/mol. The van der Waals surface area contributed by atoms with E-state index in [0.29, 0.717) is 6.54 Å². The number of hydrogen-bond acceptors (Lipinski definition) is 2. The van der Waals surface area contributed by atoms with Gasteiger partial charge in [-0.3, -0.25) is 0 Å². The average molecular weight is 277 g/mol. The molecule has 0 amide bonds. The van der Waals surface area contributed by atoms with Crippen molar-refractivity contribution in [1.29, 1.82) is 0 Å². The van der Waals surface area contributed by atoms with Gasteiger partial charge in [-0.25, -0.2) is 8.78 Å². The Labute approximate surface area is 117 Å². The molecule has 0 saturated heterocycles. The summed E-state index contributed by atoms with van der Waals surface area (Å²) in [5, 5.41) is 8.94. The maximum Gasteiger partial charge on any atom is 0.149 e. The molecule has 0 aliphatic rings. The molecular formula is C16H17F2NO. The van der Waals surface area contributed by atoms with Gasteiger partial charge in [-0.2, -0.15) is 0 Å². The van der Waals surface area contributed by atoms with E-state index in [0.717, 1.165) is 23.3 Å². The zero-order chi connectivity index (χ0) is 14.7. The predicted octanol–water partition coefficient (Wildman–Crippen LogP) is 3.40. The summed E-state index contributed by atoms with van der Waals surface area (Å²) in [6.45, 7) is 2.00. The van der Waals surface area contributed by atoms with Crippen LogP contribution >= 0.6 is 0 Å². The lowest BCUT2D eigenvalue weighted by Gasteiger charge is -2.22. The average Bonchev–Trinajstić information content (AvgIpc) is 2.40. The number of nitrogens with zero attached hydrogens (tertiary/aromatic N) is 1. The molecule has 0 aliphatic heterocycles. The molecule has 2 aromatic carbocycles. The Bertz CT molecular complexity index is 590. The summed E-state index contributed by atoms with van der Waals surface area (Å²) >= 11 is 0. The van der Waals surface area contributed by atoms with Crippen LogP contribution in [0.15, 0.2) is 36.4 Å². The first kappa shape index (κ1) is 14.5. The summed E-state index contributed by atoms with van der Waals surface area (Å²) in [5.74, 6) is -1.32. The fourth-order valence-corrected chi connectivity index (χ4v) is 2.20. The van der Waals surface area contributed by atoms with Crippen LogP contribution in [0.4, 0.5) is 14.5 Å². The zero-order valence-electron chi connectivity index (χ0n) is 11.5. The monoisotopic (exact) mass is 277 g/mol. The quantitative estimate of drug-likeness (QED) is 0.926. The van der Waals surface area contributed by atoms with Gasteiger partial charge >= 0.3 is 0 Å². The molecule has 1 N–H and O–H groups in total. The first-order valence-electron chi connectivity index (χ1n) is 6.37. The van der Waals surface area contributed by atoms with Crippen molar-refractivity contribution >= 4 is 5.69 Å². The third kappa shape index (κ3) is 2.96. The summed E-state index contributed by atoms with van der Waals surface area (Å²) < 4.78 is 27.9. The highest BCUT2D eigenvalue weighted by Gasteiger charge is 2.16. The Morgan fingerprint density at radius 2 is 1.70 bits per heavy atom. The topological polar surface area (TPSA) is 23.5 Å². The van der Waals surface area contributed by atoms with Gasteiger partial charge in [0.2, 0.25) is 0 Å². The second-order valence-corrected chi connectivity index (χ2v) is 4.85. The third-order valence-electron chi connectivity index (χ3n) is 3.31. The normalized spacial score (nSPS) is 10.7.